The summed E-state index contributed by atoms with van der Waals surface area (Å²) in [7, 11) is 0.623. The summed E-state index contributed by atoms with van der Waals surface area (Å²) in [6.45, 7) is 3.49. The monoisotopic (exact) mass is 105 g/mol. The zero-order chi connectivity index (χ0) is 4.12. The minimum atomic E-state index is 0.623. The van der Waals surface area contributed by atoms with Crippen LogP contribution in [0.1, 0.15) is 0 Å². The Morgan fingerprint density at radius 2 is 2.60 bits per heavy atom. The summed E-state index contributed by atoms with van der Waals surface area (Å²) in [6, 6.07) is 0. The Morgan fingerprint density at radius 1 is 2.00 bits per heavy atom. The second-order valence-corrected chi connectivity index (χ2v) is 2.20. The maximum Gasteiger partial charge on any atom is 0.164 e. The molecule has 0 saturated carbocycles. The lowest BCUT2D eigenvalue weighted by atomic mass is 10.8. The molecular weight excluding hydrogens is 99.1 g/mol. The SMILES string of the molecule is C=CC[PH+]=S. The first kappa shape index (κ1) is 5.26. The maximum absolute atomic E-state index is 4.61. The fourth-order valence-corrected chi connectivity index (χ4v) is 0.530. The fraction of sp³-hybridized carbons (Fsp3) is 0.333. The van der Waals surface area contributed by atoms with E-state index in [1.54, 1.807) is 0 Å². The van der Waals surface area contributed by atoms with Crippen molar-refractivity contribution in [2.75, 3.05) is 6.16 Å². The summed E-state index contributed by atoms with van der Waals surface area (Å²) in [4.78, 5) is 0. The summed E-state index contributed by atoms with van der Waals surface area (Å²) < 4.78 is 0. The van der Waals surface area contributed by atoms with Crippen molar-refractivity contribution in [2.24, 2.45) is 0 Å². The van der Waals surface area contributed by atoms with Crippen LogP contribution in [0.5, 0.6) is 0 Å². The molecule has 0 rings (SSSR count). The van der Waals surface area contributed by atoms with E-state index in [0.29, 0.717) is 7.36 Å². The van der Waals surface area contributed by atoms with Crippen molar-refractivity contribution in [3.05, 3.63) is 12.7 Å². The molecule has 0 aromatic rings. The summed E-state index contributed by atoms with van der Waals surface area (Å²) in [6.07, 6.45) is 2.83. The van der Waals surface area contributed by atoms with Gasteiger partial charge in [-0.2, -0.15) is 0 Å². The van der Waals surface area contributed by atoms with Crippen LogP contribution in [0.25, 0.3) is 0 Å². The smallest absolute Gasteiger partial charge is 0.0990 e. The third kappa shape index (κ3) is 4.26. The molecule has 0 aromatic carbocycles. The molecule has 0 nitrogen and oxygen atoms in total. The van der Waals surface area contributed by atoms with Crippen molar-refractivity contribution in [3.63, 3.8) is 0 Å². The molecule has 0 bridgehead atoms. The Morgan fingerprint density at radius 3 is 2.60 bits per heavy atom. The summed E-state index contributed by atoms with van der Waals surface area (Å²) >= 11 is 4.61. The van der Waals surface area contributed by atoms with E-state index in [0.717, 1.165) is 6.16 Å². The second-order valence-electron chi connectivity index (χ2n) is 0.637. The van der Waals surface area contributed by atoms with E-state index in [2.05, 4.69) is 18.4 Å². The van der Waals surface area contributed by atoms with Gasteiger partial charge in [0.1, 0.15) is 6.16 Å². The van der Waals surface area contributed by atoms with E-state index in [4.69, 9.17) is 0 Å². The lowest BCUT2D eigenvalue weighted by molar-refractivity contribution is 1.83. The third-order valence-electron chi connectivity index (χ3n) is 0.228. The number of rotatable bonds is 2. The van der Waals surface area contributed by atoms with E-state index < -0.39 is 0 Å². The van der Waals surface area contributed by atoms with Crippen molar-refractivity contribution in [1.29, 1.82) is 0 Å². The molecule has 5 heavy (non-hydrogen) atoms. The summed E-state index contributed by atoms with van der Waals surface area (Å²) in [5, 5.41) is 0. The molecule has 0 amide bonds. The molecule has 1 unspecified atom stereocenters. The van der Waals surface area contributed by atoms with Gasteiger partial charge in [0.05, 0.1) is 0 Å². The van der Waals surface area contributed by atoms with Crippen LogP contribution in [0.15, 0.2) is 12.7 Å². The van der Waals surface area contributed by atoms with Crippen LogP contribution < -0.4 is 0 Å². The van der Waals surface area contributed by atoms with Gasteiger partial charge in [-0.3, -0.25) is 0 Å². The van der Waals surface area contributed by atoms with E-state index in [-0.39, 0.29) is 0 Å². The van der Waals surface area contributed by atoms with Crippen LogP contribution in [0, 0.1) is 0 Å². The highest BCUT2D eigenvalue weighted by Gasteiger charge is 1.68. The van der Waals surface area contributed by atoms with Crippen LogP contribution in [0.3, 0.4) is 0 Å². The Balaban J connectivity index is 2.65. The minimum absolute atomic E-state index is 0.623. The largest absolute Gasteiger partial charge is 0.164 e. The topological polar surface area (TPSA) is 0 Å². The zero-order valence-corrected chi connectivity index (χ0v) is 4.72. The van der Waals surface area contributed by atoms with E-state index in [1.807, 2.05) is 6.08 Å². The Labute approximate surface area is 38.7 Å². The van der Waals surface area contributed by atoms with Crippen molar-refractivity contribution in [2.45, 2.75) is 0 Å². The lowest BCUT2D eigenvalue weighted by Crippen LogP contribution is -1.47. The predicted octanol–water partition coefficient (Wildman–Crippen LogP) is 1.31. The van der Waals surface area contributed by atoms with E-state index in [1.165, 1.54) is 0 Å². The first-order chi connectivity index (χ1) is 2.41. The fourth-order valence-electron chi connectivity index (χ4n) is 0.0589. The van der Waals surface area contributed by atoms with E-state index >= 15 is 0 Å². The van der Waals surface area contributed by atoms with Gasteiger partial charge in [0.2, 0.25) is 0 Å². The molecule has 0 N–H and O–H groups in total. The summed E-state index contributed by atoms with van der Waals surface area (Å²) in [5.41, 5.74) is 0. The van der Waals surface area contributed by atoms with Crippen LogP contribution in [-0.2, 0) is 11.8 Å². The molecule has 2 heteroatoms. The average Bonchev–Trinajstić information content (AvgIpc) is 1.41. The number of allylic oxidation sites excluding steroid dienone is 1. The molecular formula is C3H6PS+. The van der Waals surface area contributed by atoms with Crippen LogP contribution in [-0.4, -0.2) is 6.16 Å². The van der Waals surface area contributed by atoms with Crippen molar-refractivity contribution >= 4 is 19.2 Å². The van der Waals surface area contributed by atoms with Crippen LogP contribution >= 0.6 is 7.36 Å². The molecule has 0 heterocycles. The second kappa shape index (κ2) is 4.26. The first-order valence-corrected chi connectivity index (χ1v) is 3.71. The molecule has 0 aliphatic carbocycles. The highest BCUT2D eigenvalue weighted by Crippen LogP contribution is 1.87. The number of hydrogen-bond acceptors (Lipinski definition) is 1. The molecule has 0 spiro atoms. The normalized spacial score (nSPS) is 8.00. The van der Waals surface area contributed by atoms with Crippen LogP contribution in [0.2, 0.25) is 0 Å². The molecule has 0 radical (unpaired) electrons. The molecule has 0 saturated heterocycles. The summed E-state index contributed by atoms with van der Waals surface area (Å²) in [5.74, 6) is 0. The van der Waals surface area contributed by atoms with Gasteiger partial charge in [-0.15, -0.1) is 0 Å². The van der Waals surface area contributed by atoms with Crippen molar-refractivity contribution in [3.8, 4) is 0 Å². The highest BCUT2D eigenvalue weighted by atomic mass is 32.4. The standard InChI is InChI=1S/C3H5PS/c1-2-3-4-5/h2H,1,3H2/p+1. The maximum atomic E-state index is 4.61. The van der Waals surface area contributed by atoms with Crippen molar-refractivity contribution < 1.29 is 0 Å². The van der Waals surface area contributed by atoms with Crippen LogP contribution in [0.4, 0.5) is 0 Å². The molecule has 1 atom stereocenters. The predicted molar refractivity (Wildman–Crippen MR) is 30.7 cm³/mol. The molecule has 0 aliphatic rings. The average molecular weight is 105 g/mol. The molecule has 0 aromatic heterocycles. The van der Waals surface area contributed by atoms with Gasteiger partial charge in [-0.1, -0.05) is 6.58 Å². The van der Waals surface area contributed by atoms with Gasteiger partial charge >= 0.3 is 0 Å². The lowest BCUT2D eigenvalue weighted by Gasteiger charge is -1.50. The zero-order valence-electron chi connectivity index (χ0n) is 2.90. The highest BCUT2D eigenvalue weighted by molar-refractivity contribution is 7.96. The van der Waals surface area contributed by atoms with Gasteiger partial charge in [-0.05, 0) is 6.08 Å². The van der Waals surface area contributed by atoms with Gasteiger partial charge < -0.3 is 0 Å². The van der Waals surface area contributed by atoms with Gasteiger partial charge in [0, 0.05) is 0 Å². The van der Waals surface area contributed by atoms with Gasteiger partial charge in [0.15, 0.2) is 19.2 Å². The quantitative estimate of drug-likeness (QED) is 0.377. The molecule has 0 fully saturated rings. The van der Waals surface area contributed by atoms with Gasteiger partial charge in [-0.25, -0.2) is 0 Å². The Bertz CT molecular complexity index is 36.2. The van der Waals surface area contributed by atoms with Crippen molar-refractivity contribution in [1.82, 2.24) is 0 Å². The van der Waals surface area contributed by atoms with E-state index in [9.17, 15) is 0 Å². The number of hydrogen-bond donors (Lipinski definition) is 0. The first-order valence-electron chi connectivity index (χ1n) is 1.37. The van der Waals surface area contributed by atoms with Gasteiger partial charge in [0.25, 0.3) is 0 Å². The third-order valence-corrected chi connectivity index (χ3v) is 1.18. The Hall–Kier alpha value is 0.260. The Kier molecular flexibility index (Phi) is 4.48. The molecule has 28 valence electrons. The molecule has 0 aliphatic heterocycles. The minimum Gasteiger partial charge on any atom is -0.0990 e.